The molecule has 0 bridgehead atoms. The number of esters is 1. The maximum Gasteiger partial charge on any atom is 0.360 e. The van der Waals surface area contributed by atoms with E-state index in [1.54, 1.807) is 0 Å². The number of hydrogen-bond acceptors (Lipinski definition) is 5. The number of nitrogens with zero attached hydrogens (tertiary/aromatic N) is 1. The number of rotatable bonds is 4. The first-order chi connectivity index (χ1) is 8.74. The molecule has 1 aromatic heterocycles. The first-order valence-corrected chi connectivity index (χ1v) is 5.51. The summed E-state index contributed by atoms with van der Waals surface area (Å²) < 4.78 is 15.1. The van der Waals surface area contributed by atoms with Gasteiger partial charge in [-0.25, -0.2) is 9.78 Å². The molecule has 1 heterocycles. The number of hydrogen-bond donors (Lipinski definition) is 0. The third-order valence-corrected chi connectivity index (χ3v) is 2.31. The first-order valence-electron chi connectivity index (χ1n) is 5.51. The van der Waals surface area contributed by atoms with E-state index in [1.165, 1.54) is 13.4 Å². The fraction of sp³-hybridized carbons (Fsp3) is 0.231. The number of oxazole rings is 1. The Balaban J connectivity index is 2.20. The Kier molecular flexibility index (Phi) is 3.62. The second-order valence-corrected chi connectivity index (χ2v) is 3.49. The Labute approximate surface area is 104 Å². The summed E-state index contributed by atoms with van der Waals surface area (Å²) in [7, 11) is 1.30. The highest BCUT2D eigenvalue weighted by atomic mass is 16.5. The summed E-state index contributed by atoms with van der Waals surface area (Å²) >= 11 is 0. The molecule has 0 N–H and O–H groups in total. The molecular weight excluding hydrogens is 234 g/mol. The highest BCUT2D eigenvalue weighted by Crippen LogP contribution is 2.22. The van der Waals surface area contributed by atoms with Crippen LogP contribution in [0.25, 0.3) is 11.5 Å². The second-order valence-electron chi connectivity index (χ2n) is 3.49. The van der Waals surface area contributed by atoms with Gasteiger partial charge in [-0.05, 0) is 31.2 Å². The third-order valence-electron chi connectivity index (χ3n) is 2.31. The quantitative estimate of drug-likeness (QED) is 0.777. The topological polar surface area (TPSA) is 61.6 Å². The lowest BCUT2D eigenvalue weighted by Crippen LogP contribution is -2.00. The molecule has 5 nitrogen and oxygen atoms in total. The van der Waals surface area contributed by atoms with Gasteiger partial charge in [-0.15, -0.1) is 0 Å². The Bertz CT molecular complexity index is 530. The van der Waals surface area contributed by atoms with Crippen molar-refractivity contribution >= 4 is 5.97 Å². The maximum atomic E-state index is 11.2. The minimum Gasteiger partial charge on any atom is -0.494 e. The highest BCUT2D eigenvalue weighted by Gasteiger charge is 2.13. The van der Waals surface area contributed by atoms with Gasteiger partial charge in [0, 0.05) is 5.56 Å². The number of methoxy groups -OCH3 is 1. The van der Waals surface area contributed by atoms with Crippen molar-refractivity contribution in [2.75, 3.05) is 13.7 Å². The molecule has 0 atom stereocenters. The standard InChI is InChI=1S/C13H13NO4/c1-3-17-10-6-4-9(5-7-10)12-14-11(8-18-12)13(15)16-2/h4-8H,3H2,1-2H3. The van der Waals surface area contributed by atoms with E-state index in [2.05, 4.69) is 9.72 Å². The molecule has 0 saturated heterocycles. The van der Waals surface area contributed by atoms with E-state index < -0.39 is 5.97 Å². The predicted octanol–water partition coefficient (Wildman–Crippen LogP) is 2.53. The summed E-state index contributed by atoms with van der Waals surface area (Å²) in [6, 6.07) is 7.28. The minimum atomic E-state index is -0.518. The largest absolute Gasteiger partial charge is 0.494 e. The minimum absolute atomic E-state index is 0.154. The van der Waals surface area contributed by atoms with Crippen LogP contribution in [0.3, 0.4) is 0 Å². The fourth-order valence-corrected chi connectivity index (χ4v) is 1.47. The van der Waals surface area contributed by atoms with Gasteiger partial charge in [-0.2, -0.15) is 0 Å². The zero-order valence-corrected chi connectivity index (χ0v) is 10.2. The third kappa shape index (κ3) is 2.51. The van der Waals surface area contributed by atoms with Crippen LogP contribution in [-0.4, -0.2) is 24.7 Å². The molecule has 0 aliphatic rings. The van der Waals surface area contributed by atoms with E-state index in [4.69, 9.17) is 9.15 Å². The van der Waals surface area contributed by atoms with Crippen LogP contribution in [0.1, 0.15) is 17.4 Å². The summed E-state index contributed by atoms with van der Waals surface area (Å²) in [4.78, 5) is 15.3. The van der Waals surface area contributed by atoms with E-state index in [1.807, 2.05) is 31.2 Å². The molecule has 1 aromatic carbocycles. The lowest BCUT2D eigenvalue weighted by atomic mass is 10.2. The summed E-state index contributed by atoms with van der Waals surface area (Å²) in [6.07, 6.45) is 1.28. The van der Waals surface area contributed by atoms with Crippen molar-refractivity contribution in [3.63, 3.8) is 0 Å². The second kappa shape index (κ2) is 5.35. The van der Waals surface area contributed by atoms with Gasteiger partial charge < -0.3 is 13.9 Å². The summed E-state index contributed by atoms with van der Waals surface area (Å²) in [5.41, 5.74) is 0.926. The monoisotopic (exact) mass is 247 g/mol. The molecule has 0 unspecified atom stereocenters. The average molecular weight is 247 g/mol. The molecule has 0 aliphatic carbocycles. The number of aromatic nitrogens is 1. The Hall–Kier alpha value is -2.30. The van der Waals surface area contributed by atoms with E-state index in [-0.39, 0.29) is 5.69 Å². The van der Waals surface area contributed by atoms with Crippen LogP contribution < -0.4 is 4.74 Å². The molecule has 94 valence electrons. The molecule has 0 aliphatic heterocycles. The van der Waals surface area contributed by atoms with Crippen LogP contribution in [-0.2, 0) is 4.74 Å². The first kappa shape index (κ1) is 12.2. The normalized spacial score (nSPS) is 10.1. The van der Waals surface area contributed by atoms with Crippen molar-refractivity contribution in [3.05, 3.63) is 36.2 Å². The van der Waals surface area contributed by atoms with Crippen molar-refractivity contribution < 1.29 is 18.7 Å². The number of ether oxygens (including phenoxy) is 2. The van der Waals surface area contributed by atoms with Crippen LogP contribution >= 0.6 is 0 Å². The molecule has 2 rings (SSSR count). The Morgan fingerprint density at radius 2 is 2.06 bits per heavy atom. The van der Waals surface area contributed by atoms with Crippen molar-refractivity contribution in [1.82, 2.24) is 4.98 Å². The SMILES string of the molecule is CCOc1ccc(-c2nc(C(=O)OC)co2)cc1. The van der Waals surface area contributed by atoms with Crippen LogP contribution in [0, 0.1) is 0 Å². The number of benzene rings is 1. The zero-order valence-electron chi connectivity index (χ0n) is 10.2. The van der Waals surface area contributed by atoms with Gasteiger partial charge in [0.1, 0.15) is 12.0 Å². The van der Waals surface area contributed by atoms with Gasteiger partial charge in [0.15, 0.2) is 5.69 Å². The molecule has 0 spiro atoms. The van der Waals surface area contributed by atoms with Crippen molar-refractivity contribution in [3.8, 4) is 17.2 Å². The van der Waals surface area contributed by atoms with Crippen molar-refractivity contribution in [1.29, 1.82) is 0 Å². The summed E-state index contributed by atoms with van der Waals surface area (Å²) in [5.74, 6) is 0.635. The molecule has 18 heavy (non-hydrogen) atoms. The fourth-order valence-electron chi connectivity index (χ4n) is 1.47. The molecule has 0 saturated carbocycles. The smallest absolute Gasteiger partial charge is 0.360 e. The number of carbonyl (C=O) groups excluding carboxylic acids is 1. The van der Waals surface area contributed by atoms with Crippen molar-refractivity contribution in [2.24, 2.45) is 0 Å². The van der Waals surface area contributed by atoms with Gasteiger partial charge in [0.05, 0.1) is 13.7 Å². The van der Waals surface area contributed by atoms with Crippen molar-refractivity contribution in [2.45, 2.75) is 6.92 Å². The molecule has 0 amide bonds. The molecule has 5 heteroatoms. The van der Waals surface area contributed by atoms with Crippen LogP contribution in [0.2, 0.25) is 0 Å². The zero-order chi connectivity index (χ0) is 13.0. The lowest BCUT2D eigenvalue weighted by molar-refractivity contribution is 0.0594. The highest BCUT2D eigenvalue weighted by molar-refractivity contribution is 5.87. The molecule has 0 radical (unpaired) electrons. The molecular formula is C13H13NO4. The Morgan fingerprint density at radius 1 is 1.33 bits per heavy atom. The lowest BCUT2D eigenvalue weighted by Gasteiger charge is -2.02. The summed E-state index contributed by atoms with van der Waals surface area (Å²) in [6.45, 7) is 2.54. The van der Waals surface area contributed by atoms with E-state index in [0.29, 0.717) is 12.5 Å². The van der Waals surface area contributed by atoms with Crippen LogP contribution in [0.5, 0.6) is 5.75 Å². The van der Waals surface area contributed by atoms with Gasteiger partial charge in [-0.1, -0.05) is 0 Å². The predicted molar refractivity (Wildman–Crippen MR) is 64.4 cm³/mol. The number of carbonyl (C=O) groups is 1. The Morgan fingerprint density at radius 3 is 2.67 bits per heavy atom. The van der Waals surface area contributed by atoms with Crippen LogP contribution in [0.4, 0.5) is 0 Å². The summed E-state index contributed by atoms with van der Waals surface area (Å²) in [5, 5.41) is 0. The molecule has 2 aromatic rings. The average Bonchev–Trinajstić information content (AvgIpc) is 2.89. The van der Waals surface area contributed by atoms with Gasteiger partial charge in [-0.3, -0.25) is 0 Å². The van der Waals surface area contributed by atoms with Gasteiger partial charge in [0.2, 0.25) is 5.89 Å². The van der Waals surface area contributed by atoms with Gasteiger partial charge in [0.25, 0.3) is 0 Å². The maximum absolute atomic E-state index is 11.2. The van der Waals surface area contributed by atoms with Gasteiger partial charge >= 0.3 is 5.97 Å². The van der Waals surface area contributed by atoms with E-state index >= 15 is 0 Å². The van der Waals surface area contributed by atoms with Crippen LogP contribution in [0.15, 0.2) is 34.9 Å². The van der Waals surface area contributed by atoms with E-state index in [0.717, 1.165) is 11.3 Å². The van der Waals surface area contributed by atoms with E-state index in [9.17, 15) is 4.79 Å². The molecule has 0 fully saturated rings.